The molecule has 6 heteroatoms. The summed E-state index contributed by atoms with van der Waals surface area (Å²) in [7, 11) is 2.05. The van der Waals surface area contributed by atoms with Gasteiger partial charge in [-0.05, 0) is 52.2 Å². The van der Waals surface area contributed by atoms with Crippen molar-refractivity contribution in [3.05, 3.63) is 0 Å². The Bertz CT molecular complexity index is 264. The third kappa shape index (κ3) is 11.3. The number of nitrogens with one attached hydrogen (secondary N) is 1. The van der Waals surface area contributed by atoms with Crippen molar-refractivity contribution in [1.82, 2.24) is 10.2 Å². The summed E-state index contributed by atoms with van der Waals surface area (Å²) >= 11 is 0. The maximum absolute atomic E-state index is 9.80. The number of piperidine rings is 2. The Hall–Kier alpha value is -0.240. The number of aliphatic hydroxyl groups is 4. The Morgan fingerprint density at radius 3 is 1.62 bits per heavy atom. The zero-order valence-electron chi connectivity index (χ0n) is 16.5. The van der Waals surface area contributed by atoms with Crippen LogP contribution in [0.25, 0.3) is 0 Å². The van der Waals surface area contributed by atoms with Gasteiger partial charge in [0.05, 0.1) is 17.8 Å². The molecule has 2 fully saturated rings. The minimum Gasteiger partial charge on any atom is -0.396 e. The molecule has 2 aliphatic rings. The first-order chi connectivity index (χ1) is 11.4. The highest BCUT2D eigenvalue weighted by atomic mass is 16.3. The molecule has 2 rings (SSSR count). The topological polar surface area (TPSA) is 96.2 Å². The second-order valence-electron chi connectivity index (χ2n) is 6.13. The van der Waals surface area contributed by atoms with Crippen LogP contribution in [0, 0.1) is 0 Å². The maximum Gasteiger partial charge on any atom is 0.0901 e. The van der Waals surface area contributed by atoms with Crippen LogP contribution in [0.3, 0.4) is 0 Å². The van der Waals surface area contributed by atoms with Crippen LogP contribution in [0.5, 0.6) is 0 Å². The van der Waals surface area contributed by atoms with Gasteiger partial charge >= 0.3 is 0 Å². The molecule has 2 heterocycles. The van der Waals surface area contributed by atoms with E-state index in [1.807, 2.05) is 27.7 Å². The number of likely N-dealkylation sites (tertiary alicyclic amines) is 1. The second kappa shape index (κ2) is 15.0. The van der Waals surface area contributed by atoms with Crippen molar-refractivity contribution in [2.24, 2.45) is 0 Å². The van der Waals surface area contributed by atoms with Crippen LogP contribution in [0.15, 0.2) is 0 Å². The molecule has 0 radical (unpaired) electrons. The average Bonchev–Trinajstić information content (AvgIpc) is 2.63. The van der Waals surface area contributed by atoms with Gasteiger partial charge in [0.15, 0.2) is 0 Å². The fourth-order valence-electron chi connectivity index (χ4n) is 2.54. The molecule has 0 bridgehead atoms. The summed E-state index contributed by atoms with van der Waals surface area (Å²) in [5.41, 5.74) is -1.37. The van der Waals surface area contributed by atoms with E-state index in [-0.39, 0.29) is 13.2 Å². The van der Waals surface area contributed by atoms with E-state index in [1.54, 1.807) is 0 Å². The number of nitrogens with zero attached hydrogens (tertiary/aromatic N) is 1. The molecule has 0 aliphatic carbocycles. The van der Waals surface area contributed by atoms with Crippen molar-refractivity contribution >= 4 is 0 Å². The third-order valence-corrected chi connectivity index (χ3v) is 4.32. The largest absolute Gasteiger partial charge is 0.396 e. The van der Waals surface area contributed by atoms with Crippen LogP contribution in [0.4, 0.5) is 0 Å². The smallest absolute Gasteiger partial charge is 0.0901 e. The van der Waals surface area contributed by atoms with Crippen molar-refractivity contribution in [3.63, 3.8) is 0 Å². The third-order valence-electron chi connectivity index (χ3n) is 4.32. The zero-order chi connectivity index (χ0) is 19.1. The molecule has 2 aliphatic heterocycles. The van der Waals surface area contributed by atoms with Crippen molar-refractivity contribution in [2.45, 2.75) is 71.0 Å². The first kappa shape index (κ1) is 26.0. The van der Waals surface area contributed by atoms with Crippen molar-refractivity contribution in [2.75, 3.05) is 46.4 Å². The Morgan fingerprint density at radius 1 is 0.833 bits per heavy atom. The van der Waals surface area contributed by atoms with E-state index in [2.05, 4.69) is 17.3 Å². The first-order valence-corrected chi connectivity index (χ1v) is 9.49. The summed E-state index contributed by atoms with van der Waals surface area (Å²) in [5.74, 6) is 0. The molecule has 0 atom stereocenters. The minimum atomic E-state index is -0.786. The predicted molar refractivity (Wildman–Crippen MR) is 100 cm³/mol. The van der Waals surface area contributed by atoms with Crippen LogP contribution >= 0.6 is 0 Å². The summed E-state index contributed by atoms with van der Waals surface area (Å²) in [6, 6.07) is 0. The van der Waals surface area contributed by atoms with Crippen molar-refractivity contribution in [1.29, 1.82) is 0 Å². The fourth-order valence-corrected chi connectivity index (χ4v) is 2.54. The molecule has 24 heavy (non-hydrogen) atoms. The van der Waals surface area contributed by atoms with Gasteiger partial charge in [0.25, 0.3) is 0 Å². The van der Waals surface area contributed by atoms with Gasteiger partial charge in [-0.1, -0.05) is 27.7 Å². The van der Waals surface area contributed by atoms with E-state index in [4.69, 9.17) is 10.2 Å². The van der Waals surface area contributed by atoms with Gasteiger partial charge in [0, 0.05) is 19.7 Å². The number of rotatable bonds is 3. The van der Waals surface area contributed by atoms with Gasteiger partial charge < -0.3 is 30.6 Å². The molecule has 0 aromatic carbocycles. The second-order valence-corrected chi connectivity index (χ2v) is 6.13. The number of aliphatic hydroxyl groups excluding tert-OH is 2. The summed E-state index contributed by atoms with van der Waals surface area (Å²) < 4.78 is 0. The Morgan fingerprint density at radius 2 is 1.29 bits per heavy atom. The first-order valence-electron chi connectivity index (χ1n) is 9.49. The van der Waals surface area contributed by atoms with Crippen LogP contribution in [-0.2, 0) is 0 Å². The molecule has 0 spiro atoms. The van der Waals surface area contributed by atoms with E-state index >= 15 is 0 Å². The van der Waals surface area contributed by atoms with E-state index in [0.717, 1.165) is 39.0 Å². The van der Waals surface area contributed by atoms with Gasteiger partial charge in [-0.25, -0.2) is 0 Å². The summed E-state index contributed by atoms with van der Waals surface area (Å²) in [5, 5.41) is 39.6. The highest BCUT2D eigenvalue weighted by molar-refractivity contribution is 4.84. The van der Waals surface area contributed by atoms with Crippen molar-refractivity contribution < 1.29 is 20.4 Å². The van der Waals surface area contributed by atoms with E-state index < -0.39 is 11.2 Å². The minimum absolute atomic E-state index is 0.0974. The lowest BCUT2D eigenvalue weighted by Gasteiger charge is -2.36. The highest BCUT2D eigenvalue weighted by Gasteiger charge is 2.30. The van der Waals surface area contributed by atoms with E-state index in [9.17, 15) is 10.2 Å². The Balaban J connectivity index is 0. The monoisotopic (exact) mass is 350 g/mol. The molecule has 0 aromatic rings. The van der Waals surface area contributed by atoms with E-state index in [1.165, 1.54) is 0 Å². The lowest BCUT2D eigenvalue weighted by Crippen LogP contribution is -2.44. The zero-order valence-corrected chi connectivity index (χ0v) is 16.5. The molecule has 0 saturated carbocycles. The predicted octanol–water partition coefficient (Wildman–Crippen LogP) is 0.971. The normalized spacial score (nSPS) is 21.9. The molecule has 2 saturated heterocycles. The Labute approximate surface area is 148 Å². The maximum atomic E-state index is 9.80. The molecule has 5 N–H and O–H groups in total. The molecular weight excluding hydrogens is 308 g/mol. The summed E-state index contributed by atoms with van der Waals surface area (Å²) in [6.45, 7) is 11.5. The fraction of sp³-hybridized carbons (Fsp3) is 1.00. The molecular formula is C18H42N2O4. The standard InChI is InChI=1S/C8H17NO2.C6H13NO2.2C2H6/c1-9-5-2-8(11,3-6-9)4-7-10;8-5-6(9)1-3-7-4-2-6;2*1-2/h10-11H,2-7H2,1H3;7-9H,1-5H2;2*1-2H3. The Kier molecular flexibility index (Phi) is 16.3. The molecule has 0 aromatic heterocycles. The van der Waals surface area contributed by atoms with Gasteiger partial charge in [0.2, 0.25) is 0 Å². The summed E-state index contributed by atoms with van der Waals surface area (Å²) in [4.78, 5) is 2.20. The number of hydrogen-bond donors (Lipinski definition) is 5. The van der Waals surface area contributed by atoms with Gasteiger partial charge in [-0.3, -0.25) is 0 Å². The van der Waals surface area contributed by atoms with Gasteiger partial charge in [-0.15, -0.1) is 0 Å². The molecule has 6 nitrogen and oxygen atoms in total. The molecule has 0 unspecified atom stereocenters. The lowest BCUT2D eigenvalue weighted by molar-refractivity contribution is -0.0368. The lowest BCUT2D eigenvalue weighted by atomic mass is 9.89. The summed E-state index contributed by atoms with van der Waals surface area (Å²) in [6.07, 6.45) is 3.46. The molecule has 0 amide bonds. The van der Waals surface area contributed by atoms with Crippen LogP contribution in [0.2, 0.25) is 0 Å². The van der Waals surface area contributed by atoms with Crippen LogP contribution in [-0.4, -0.2) is 83.0 Å². The number of hydrogen-bond acceptors (Lipinski definition) is 6. The van der Waals surface area contributed by atoms with Crippen LogP contribution < -0.4 is 5.32 Å². The van der Waals surface area contributed by atoms with Crippen LogP contribution in [0.1, 0.15) is 59.8 Å². The highest BCUT2D eigenvalue weighted by Crippen LogP contribution is 2.24. The van der Waals surface area contributed by atoms with Gasteiger partial charge in [-0.2, -0.15) is 0 Å². The van der Waals surface area contributed by atoms with Gasteiger partial charge in [0.1, 0.15) is 0 Å². The average molecular weight is 351 g/mol. The van der Waals surface area contributed by atoms with Crippen molar-refractivity contribution in [3.8, 4) is 0 Å². The molecule has 148 valence electrons. The SMILES string of the molecule is CC.CC.CN1CCC(O)(CCO)CC1.OCC1(O)CCNCC1. The van der Waals surface area contributed by atoms with E-state index in [0.29, 0.717) is 19.3 Å². The quantitative estimate of drug-likeness (QED) is 0.521.